The molecule has 146 valence electrons. The van der Waals surface area contributed by atoms with E-state index >= 15 is 0 Å². The fourth-order valence-corrected chi connectivity index (χ4v) is 3.28. The number of nitrogens with zero attached hydrogens (tertiary/aromatic N) is 3. The van der Waals surface area contributed by atoms with Crippen molar-refractivity contribution in [2.75, 3.05) is 31.1 Å². The second-order valence-electron chi connectivity index (χ2n) is 6.30. The number of aromatic nitrogens is 1. The predicted molar refractivity (Wildman–Crippen MR) is 95.2 cm³/mol. The first kappa shape index (κ1) is 18.1. The van der Waals surface area contributed by atoms with Gasteiger partial charge in [0.25, 0.3) is 5.91 Å². The number of furan rings is 1. The van der Waals surface area contributed by atoms with Crippen LogP contribution in [0.25, 0.3) is 11.1 Å². The molecule has 0 saturated carbocycles. The smallest absolute Gasteiger partial charge is 0.387 e. The van der Waals surface area contributed by atoms with E-state index in [4.69, 9.17) is 4.42 Å². The molecular weight excluding hydrogens is 375 g/mol. The molecular formula is C19H16F3N3O3. The number of alkyl halides is 2. The first-order valence-electron chi connectivity index (χ1n) is 8.63. The number of anilines is 1. The monoisotopic (exact) mass is 391 g/mol. The summed E-state index contributed by atoms with van der Waals surface area (Å²) in [7, 11) is 0. The summed E-state index contributed by atoms with van der Waals surface area (Å²) in [6.45, 7) is -1.38. The number of halogens is 3. The lowest BCUT2D eigenvalue weighted by molar-refractivity contribution is -0.0499. The quantitative estimate of drug-likeness (QED) is 0.681. The highest BCUT2D eigenvalue weighted by Crippen LogP contribution is 2.26. The van der Waals surface area contributed by atoms with E-state index in [0.717, 1.165) is 6.07 Å². The Morgan fingerprint density at radius 3 is 2.68 bits per heavy atom. The van der Waals surface area contributed by atoms with E-state index < -0.39 is 12.4 Å². The molecule has 0 spiro atoms. The second-order valence-corrected chi connectivity index (χ2v) is 6.30. The summed E-state index contributed by atoms with van der Waals surface area (Å²) in [6.07, 6.45) is 3.04. The molecule has 3 heterocycles. The van der Waals surface area contributed by atoms with Crippen LogP contribution in [-0.2, 0) is 0 Å². The van der Waals surface area contributed by atoms with Crippen molar-refractivity contribution in [2.45, 2.75) is 6.61 Å². The number of carbonyl (C=O) groups excluding carboxylic acids is 1. The van der Waals surface area contributed by atoms with Gasteiger partial charge in [0.15, 0.2) is 5.58 Å². The molecule has 1 aromatic carbocycles. The Kier molecular flexibility index (Phi) is 4.81. The summed E-state index contributed by atoms with van der Waals surface area (Å²) in [4.78, 5) is 20.5. The van der Waals surface area contributed by atoms with Gasteiger partial charge in [0.2, 0.25) is 0 Å². The molecule has 0 aliphatic carbocycles. The zero-order chi connectivity index (χ0) is 19.7. The highest BCUT2D eigenvalue weighted by Gasteiger charge is 2.25. The molecule has 1 aliphatic rings. The van der Waals surface area contributed by atoms with Crippen LogP contribution in [0.2, 0.25) is 0 Å². The number of pyridine rings is 1. The van der Waals surface area contributed by atoms with Crippen molar-refractivity contribution >= 4 is 22.7 Å². The molecule has 0 atom stereocenters. The SMILES string of the molecule is O=C(c1ccnc2ccoc12)N1CCN(c2cc(F)cc(OC(F)F)c2)CC1. The van der Waals surface area contributed by atoms with E-state index in [9.17, 15) is 18.0 Å². The maximum atomic E-state index is 13.7. The largest absolute Gasteiger partial charge is 0.462 e. The minimum absolute atomic E-state index is 0.178. The summed E-state index contributed by atoms with van der Waals surface area (Å²) in [5, 5.41) is 0. The Morgan fingerprint density at radius 1 is 1.14 bits per heavy atom. The van der Waals surface area contributed by atoms with Crippen LogP contribution in [0.1, 0.15) is 10.4 Å². The van der Waals surface area contributed by atoms with Crippen LogP contribution in [0.4, 0.5) is 18.9 Å². The van der Waals surface area contributed by atoms with Crippen molar-refractivity contribution in [3.63, 3.8) is 0 Å². The van der Waals surface area contributed by atoms with Gasteiger partial charge in [0.1, 0.15) is 17.1 Å². The third kappa shape index (κ3) is 3.60. The molecule has 0 bridgehead atoms. The molecule has 1 fully saturated rings. The lowest BCUT2D eigenvalue weighted by atomic mass is 10.1. The summed E-state index contributed by atoms with van der Waals surface area (Å²) < 4.78 is 48.2. The van der Waals surface area contributed by atoms with Crippen LogP contribution >= 0.6 is 0 Å². The average molecular weight is 391 g/mol. The van der Waals surface area contributed by atoms with Crippen LogP contribution in [0.15, 0.2) is 47.2 Å². The first-order chi connectivity index (χ1) is 13.5. The number of benzene rings is 1. The van der Waals surface area contributed by atoms with Crippen LogP contribution < -0.4 is 9.64 Å². The molecule has 3 aromatic rings. The number of hydrogen-bond acceptors (Lipinski definition) is 5. The molecule has 0 unspecified atom stereocenters. The number of piperazine rings is 1. The van der Waals surface area contributed by atoms with Crippen molar-refractivity contribution < 1.29 is 27.1 Å². The van der Waals surface area contributed by atoms with Gasteiger partial charge >= 0.3 is 6.61 Å². The summed E-state index contributed by atoms with van der Waals surface area (Å²) in [5.41, 5.74) is 1.91. The third-order valence-corrected chi connectivity index (χ3v) is 4.59. The van der Waals surface area contributed by atoms with Crippen molar-refractivity contribution in [2.24, 2.45) is 0 Å². The number of amides is 1. The fourth-order valence-electron chi connectivity index (χ4n) is 3.28. The van der Waals surface area contributed by atoms with Crippen LogP contribution in [0.5, 0.6) is 5.75 Å². The van der Waals surface area contributed by atoms with Gasteiger partial charge in [0, 0.05) is 56.3 Å². The van der Waals surface area contributed by atoms with Crippen LogP contribution in [0.3, 0.4) is 0 Å². The molecule has 1 saturated heterocycles. The van der Waals surface area contributed by atoms with Gasteiger partial charge in [-0.2, -0.15) is 8.78 Å². The van der Waals surface area contributed by atoms with E-state index in [2.05, 4.69) is 9.72 Å². The number of ether oxygens (including phenoxy) is 1. The second kappa shape index (κ2) is 7.41. The van der Waals surface area contributed by atoms with Crippen molar-refractivity contribution in [3.05, 3.63) is 54.2 Å². The molecule has 1 amide bonds. The van der Waals surface area contributed by atoms with Gasteiger partial charge in [-0.05, 0) is 12.1 Å². The van der Waals surface area contributed by atoms with Gasteiger partial charge in [-0.1, -0.05) is 0 Å². The summed E-state index contributed by atoms with van der Waals surface area (Å²) >= 11 is 0. The molecule has 28 heavy (non-hydrogen) atoms. The Hall–Kier alpha value is -3.23. The third-order valence-electron chi connectivity index (χ3n) is 4.59. The Labute approximate surface area is 158 Å². The van der Waals surface area contributed by atoms with Gasteiger partial charge in [0.05, 0.1) is 11.8 Å². The Morgan fingerprint density at radius 2 is 1.93 bits per heavy atom. The van der Waals surface area contributed by atoms with Crippen molar-refractivity contribution in [3.8, 4) is 5.75 Å². The molecule has 0 N–H and O–H groups in total. The lowest BCUT2D eigenvalue weighted by Gasteiger charge is -2.36. The maximum Gasteiger partial charge on any atom is 0.387 e. The van der Waals surface area contributed by atoms with Gasteiger partial charge in [-0.15, -0.1) is 0 Å². The topological polar surface area (TPSA) is 58.8 Å². The fraction of sp³-hybridized carbons (Fsp3) is 0.263. The maximum absolute atomic E-state index is 13.7. The normalized spacial score (nSPS) is 14.7. The van der Waals surface area contributed by atoms with Gasteiger partial charge < -0.3 is 19.0 Å². The number of hydrogen-bond donors (Lipinski definition) is 0. The summed E-state index contributed by atoms with van der Waals surface area (Å²) in [6, 6.07) is 6.83. The van der Waals surface area contributed by atoms with Crippen LogP contribution in [-0.4, -0.2) is 48.6 Å². The predicted octanol–water partition coefficient (Wildman–Crippen LogP) is 3.53. The van der Waals surface area contributed by atoms with Crippen molar-refractivity contribution in [1.82, 2.24) is 9.88 Å². The molecule has 2 aromatic heterocycles. The number of carbonyl (C=O) groups is 1. The molecule has 9 heteroatoms. The number of rotatable bonds is 4. The number of fused-ring (bicyclic) bond motifs is 1. The van der Waals surface area contributed by atoms with Crippen LogP contribution in [0, 0.1) is 5.82 Å². The standard InChI is InChI=1S/C19H16F3N3O3/c20-12-9-13(11-14(10-12)28-19(21)22)24-4-6-25(7-5-24)18(26)15-1-3-23-16-2-8-27-17(15)16/h1-3,8-11,19H,4-7H2. The summed E-state index contributed by atoms with van der Waals surface area (Å²) in [5.74, 6) is -1.08. The van der Waals surface area contributed by atoms with E-state index in [1.807, 2.05) is 4.90 Å². The van der Waals surface area contributed by atoms with Gasteiger partial charge in [-0.25, -0.2) is 4.39 Å². The molecule has 4 rings (SSSR count). The highest BCUT2D eigenvalue weighted by molar-refractivity contribution is 6.03. The Bertz CT molecular complexity index is 1000. The van der Waals surface area contributed by atoms with E-state index in [1.165, 1.54) is 18.4 Å². The first-order valence-corrected chi connectivity index (χ1v) is 8.63. The average Bonchev–Trinajstić information content (AvgIpc) is 3.15. The molecule has 1 aliphatic heterocycles. The molecule has 0 radical (unpaired) electrons. The minimum atomic E-state index is -3.03. The zero-order valence-electron chi connectivity index (χ0n) is 14.6. The Balaban J connectivity index is 1.47. The van der Waals surface area contributed by atoms with Gasteiger partial charge in [-0.3, -0.25) is 9.78 Å². The van der Waals surface area contributed by atoms with E-state index in [0.29, 0.717) is 48.5 Å². The van der Waals surface area contributed by atoms with E-state index in [1.54, 1.807) is 23.2 Å². The van der Waals surface area contributed by atoms with Crippen molar-refractivity contribution in [1.29, 1.82) is 0 Å². The highest BCUT2D eigenvalue weighted by atomic mass is 19.3. The minimum Gasteiger partial charge on any atom is -0.462 e. The molecule has 6 nitrogen and oxygen atoms in total. The van der Waals surface area contributed by atoms with E-state index in [-0.39, 0.29) is 11.7 Å². The lowest BCUT2D eigenvalue weighted by Crippen LogP contribution is -2.48. The zero-order valence-corrected chi connectivity index (χ0v) is 14.6.